The second-order valence-corrected chi connectivity index (χ2v) is 7.25. The molecule has 0 aliphatic rings. The second kappa shape index (κ2) is 9.99. The Hall–Kier alpha value is -2.97. The maximum atomic E-state index is 12.5. The van der Waals surface area contributed by atoms with Crippen molar-refractivity contribution >= 4 is 46.9 Å². The molecule has 1 atom stereocenters. The van der Waals surface area contributed by atoms with Crippen molar-refractivity contribution in [3.63, 3.8) is 0 Å². The normalized spacial score (nSPS) is 12.0. The Labute approximate surface area is 177 Å². The van der Waals surface area contributed by atoms with Gasteiger partial charge >= 0.3 is 0 Å². The Morgan fingerprint density at radius 3 is 2.34 bits per heavy atom. The second-order valence-electron chi connectivity index (χ2n) is 6.40. The van der Waals surface area contributed by atoms with Gasteiger partial charge in [-0.3, -0.25) is 19.7 Å². The zero-order chi connectivity index (χ0) is 21.6. The predicted molar refractivity (Wildman–Crippen MR) is 111 cm³/mol. The van der Waals surface area contributed by atoms with Crippen LogP contribution >= 0.6 is 23.2 Å². The van der Waals surface area contributed by atoms with Gasteiger partial charge in [0.05, 0.1) is 21.7 Å². The van der Waals surface area contributed by atoms with Crippen LogP contribution in [0.15, 0.2) is 47.6 Å². The van der Waals surface area contributed by atoms with E-state index in [-0.39, 0.29) is 22.2 Å². The minimum Gasteiger partial charge on any atom is -0.340 e. The molecule has 2 aromatic rings. The molecule has 2 amide bonds. The van der Waals surface area contributed by atoms with Crippen LogP contribution in [0.3, 0.4) is 0 Å². The van der Waals surface area contributed by atoms with Gasteiger partial charge in [-0.05, 0) is 41.8 Å². The molecule has 0 spiro atoms. The molecule has 152 valence electrons. The molecule has 2 rings (SSSR count). The van der Waals surface area contributed by atoms with Crippen LogP contribution in [0.25, 0.3) is 0 Å². The summed E-state index contributed by atoms with van der Waals surface area (Å²) in [7, 11) is 0. The van der Waals surface area contributed by atoms with Gasteiger partial charge in [0, 0.05) is 17.2 Å². The van der Waals surface area contributed by atoms with Crippen molar-refractivity contribution in [1.82, 2.24) is 10.7 Å². The molecule has 0 saturated heterocycles. The lowest BCUT2D eigenvalue weighted by Gasteiger charge is -2.20. The molecule has 0 saturated carbocycles. The summed E-state index contributed by atoms with van der Waals surface area (Å²) in [6.07, 6.45) is 1.34. The summed E-state index contributed by atoms with van der Waals surface area (Å²) in [6, 6.07) is 9.24. The maximum absolute atomic E-state index is 12.5. The van der Waals surface area contributed by atoms with Crippen LogP contribution in [-0.4, -0.2) is 29.0 Å². The number of hydrogen-bond donors (Lipinski definition) is 2. The lowest BCUT2D eigenvalue weighted by molar-refractivity contribution is -0.384. The van der Waals surface area contributed by atoms with Gasteiger partial charge < -0.3 is 5.32 Å². The molecule has 10 heteroatoms. The van der Waals surface area contributed by atoms with Crippen molar-refractivity contribution in [2.75, 3.05) is 0 Å². The fourth-order valence-corrected chi connectivity index (χ4v) is 2.84. The van der Waals surface area contributed by atoms with E-state index in [0.717, 1.165) is 0 Å². The van der Waals surface area contributed by atoms with Crippen LogP contribution in [0, 0.1) is 16.0 Å². The summed E-state index contributed by atoms with van der Waals surface area (Å²) < 4.78 is 0. The monoisotopic (exact) mass is 436 g/mol. The third kappa shape index (κ3) is 6.27. The summed E-state index contributed by atoms with van der Waals surface area (Å²) >= 11 is 11.9. The minimum atomic E-state index is -0.858. The van der Waals surface area contributed by atoms with Gasteiger partial charge in [-0.25, -0.2) is 5.43 Å². The van der Waals surface area contributed by atoms with Crippen LogP contribution in [-0.2, 0) is 4.79 Å². The molecule has 0 aliphatic heterocycles. The van der Waals surface area contributed by atoms with Crippen molar-refractivity contribution in [2.45, 2.75) is 19.9 Å². The van der Waals surface area contributed by atoms with Crippen LogP contribution < -0.4 is 10.7 Å². The molecule has 29 heavy (non-hydrogen) atoms. The first-order valence-electron chi connectivity index (χ1n) is 8.52. The van der Waals surface area contributed by atoms with Crippen molar-refractivity contribution in [2.24, 2.45) is 11.0 Å². The highest BCUT2D eigenvalue weighted by Gasteiger charge is 2.25. The smallest absolute Gasteiger partial charge is 0.269 e. The number of nitrogens with one attached hydrogen (secondary N) is 2. The Kier molecular flexibility index (Phi) is 7.69. The van der Waals surface area contributed by atoms with Crippen LogP contribution in [0.2, 0.25) is 10.0 Å². The number of non-ortho nitro benzene ring substituents is 1. The summed E-state index contributed by atoms with van der Waals surface area (Å²) in [5.41, 5.74) is 3.07. The number of benzene rings is 2. The van der Waals surface area contributed by atoms with E-state index in [4.69, 9.17) is 23.2 Å². The first-order chi connectivity index (χ1) is 13.7. The molecule has 0 fully saturated rings. The van der Waals surface area contributed by atoms with E-state index in [9.17, 15) is 19.7 Å². The van der Waals surface area contributed by atoms with Gasteiger partial charge in [0.2, 0.25) is 0 Å². The number of hydrazone groups is 1. The molecule has 0 aromatic heterocycles. The third-order valence-electron chi connectivity index (χ3n) is 3.90. The number of nitro groups is 1. The molecule has 2 aromatic carbocycles. The van der Waals surface area contributed by atoms with Crippen LogP contribution in [0.1, 0.15) is 29.8 Å². The van der Waals surface area contributed by atoms with Gasteiger partial charge in [-0.15, -0.1) is 0 Å². The zero-order valence-corrected chi connectivity index (χ0v) is 17.1. The molecule has 2 N–H and O–H groups in total. The number of halogens is 2. The standard InChI is InChI=1S/C19H18Cl2N4O4/c1-11(2)17(23-18(26)15-8-5-13(20)9-16(15)21)19(27)24-22-10-12-3-6-14(7-4-12)25(28)29/h3-11,17H,1-2H3,(H,23,26)(H,24,27)/b22-10-/t17-/m1/s1. The van der Waals surface area contributed by atoms with E-state index in [0.29, 0.717) is 10.6 Å². The van der Waals surface area contributed by atoms with E-state index in [1.165, 1.54) is 48.7 Å². The number of rotatable bonds is 7. The highest BCUT2D eigenvalue weighted by Crippen LogP contribution is 2.21. The van der Waals surface area contributed by atoms with Crippen LogP contribution in [0.4, 0.5) is 5.69 Å². The average molecular weight is 437 g/mol. The first-order valence-corrected chi connectivity index (χ1v) is 9.28. The molecular weight excluding hydrogens is 419 g/mol. The Bertz CT molecular complexity index is 946. The van der Waals surface area contributed by atoms with Crippen molar-refractivity contribution in [1.29, 1.82) is 0 Å². The molecule has 0 heterocycles. The van der Waals surface area contributed by atoms with E-state index >= 15 is 0 Å². The zero-order valence-electron chi connectivity index (χ0n) is 15.6. The van der Waals surface area contributed by atoms with Crippen LogP contribution in [0.5, 0.6) is 0 Å². The SMILES string of the molecule is CC(C)[C@@H](NC(=O)c1ccc(Cl)cc1Cl)C(=O)N/N=C\c1ccc([N+](=O)[O-])cc1. The van der Waals surface area contributed by atoms with E-state index < -0.39 is 22.8 Å². The van der Waals surface area contributed by atoms with Gasteiger partial charge in [-0.1, -0.05) is 37.0 Å². The number of nitrogens with zero attached hydrogens (tertiary/aromatic N) is 2. The quantitative estimate of drug-likeness (QED) is 0.390. The lowest BCUT2D eigenvalue weighted by Crippen LogP contribution is -2.48. The molecule has 8 nitrogen and oxygen atoms in total. The van der Waals surface area contributed by atoms with Crippen molar-refractivity contribution in [3.8, 4) is 0 Å². The fraction of sp³-hybridized carbons (Fsp3) is 0.211. The van der Waals surface area contributed by atoms with Crippen molar-refractivity contribution < 1.29 is 14.5 Å². The lowest BCUT2D eigenvalue weighted by atomic mass is 10.0. The van der Waals surface area contributed by atoms with Gasteiger partial charge in [0.25, 0.3) is 17.5 Å². The number of hydrogen-bond acceptors (Lipinski definition) is 5. The van der Waals surface area contributed by atoms with Crippen molar-refractivity contribution in [3.05, 3.63) is 73.8 Å². The maximum Gasteiger partial charge on any atom is 0.269 e. The molecular formula is C19H18Cl2N4O4. The largest absolute Gasteiger partial charge is 0.340 e. The summed E-state index contributed by atoms with van der Waals surface area (Å²) in [6.45, 7) is 3.54. The Balaban J connectivity index is 2.03. The van der Waals surface area contributed by atoms with E-state index in [2.05, 4.69) is 15.8 Å². The summed E-state index contributed by atoms with van der Waals surface area (Å²) in [5, 5.41) is 17.7. The molecule has 0 unspecified atom stereocenters. The highest BCUT2D eigenvalue weighted by molar-refractivity contribution is 6.36. The number of amides is 2. The molecule has 0 radical (unpaired) electrons. The molecule has 0 aliphatic carbocycles. The topological polar surface area (TPSA) is 114 Å². The predicted octanol–water partition coefficient (Wildman–Crippen LogP) is 3.81. The highest BCUT2D eigenvalue weighted by atomic mass is 35.5. The minimum absolute atomic E-state index is 0.0466. The summed E-state index contributed by atoms with van der Waals surface area (Å²) in [4.78, 5) is 35.0. The number of nitro benzene ring substituents is 1. The Morgan fingerprint density at radius 2 is 1.79 bits per heavy atom. The first kappa shape index (κ1) is 22.3. The van der Waals surface area contributed by atoms with Gasteiger partial charge in [-0.2, -0.15) is 5.10 Å². The Morgan fingerprint density at radius 1 is 1.14 bits per heavy atom. The van der Waals surface area contributed by atoms with E-state index in [1.54, 1.807) is 13.8 Å². The van der Waals surface area contributed by atoms with Gasteiger partial charge in [0.15, 0.2) is 0 Å². The number of carbonyl (C=O) groups is 2. The summed E-state index contributed by atoms with van der Waals surface area (Å²) in [5.74, 6) is -1.25. The third-order valence-corrected chi connectivity index (χ3v) is 4.45. The number of carbonyl (C=O) groups excluding carboxylic acids is 2. The van der Waals surface area contributed by atoms with Gasteiger partial charge in [0.1, 0.15) is 6.04 Å². The molecule has 0 bridgehead atoms. The van der Waals surface area contributed by atoms with E-state index in [1.807, 2.05) is 0 Å². The fourth-order valence-electron chi connectivity index (χ4n) is 2.35. The average Bonchev–Trinajstić information content (AvgIpc) is 2.65.